The molecule has 0 saturated carbocycles. The first-order valence-corrected chi connectivity index (χ1v) is 10.2. The number of thiazole rings is 1. The Morgan fingerprint density at radius 2 is 1.84 bits per heavy atom. The number of hydrogen-bond donors (Lipinski definition) is 0. The highest BCUT2D eigenvalue weighted by Gasteiger charge is 2.17. The Morgan fingerprint density at radius 3 is 2.61 bits per heavy atom. The molecular formula is C22H14N4O4S. The highest BCUT2D eigenvalue weighted by molar-refractivity contribution is 7.15. The van der Waals surface area contributed by atoms with Gasteiger partial charge in [0.15, 0.2) is 5.82 Å². The van der Waals surface area contributed by atoms with Crippen LogP contribution in [0.1, 0.15) is 17.1 Å². The number of para-hydroxylation sites is 1. The molecule has 9 heteroatoms. The van der Waals surface area contributed by atoms with Crippen LogP contribution in [0.4, 0.5) is 5.69 Å². The normalized spacial score (nSPS) is 11.9. The Labute approximate surface area is 178 Å². The summed E-state index contributed by atoms with van der Waals surface area (Å²) < 4.78 is 7.47. The summed E-state index contributed by atoms with van der Waals surface area (Å²) in [6, 6.07) is 19.5. The number of nitrogens with zero attached hydrogens (tertiary/aromatic N) is 4. The van der Waals surface area contributed by atoms with Crippen LogP contribution < -0.4 is 10.1 Å². The van der Waals surface area contributed by atoms with Gasteiger partial charge < -0.3 is 4.42 Å². The molecule has 0 aliphatic carbocycles. The van der Waals surface area contributed by atoms with Crippen LogP contribution in [0.25, 0.3) is 22.4 Å². The highest BCUT2D eigenvalue weighted by Crippen LogP contribution is 2.30. The maximum Gasteiger partial charge on any atom is 0.291 e. The molecule has 0 spiro atoms. The fourth-order valence-corrected chi connectivity index (χ4v) is 4.18. The molecule has 0 radical (unpaired) electrons. The molecule has 0 amide bonds. The molecule has 0 saturated heterocycles. The number of benzene rings is 2. The lowest BCUT2D eigenvalue weighted by Gasteiger charge is -1.98. The summed E-state index contributed by atoms with van der Waals surface area (Å²) in [6.45, 7) is 0. The summed E-state index contributed by atoms with van der Waals surface area (Å²) in [5, 5.41) is 15.6. The third kappa shape index (κ3) is 3.62. The topological polar surface area (TPSA) is 104 Å². The van der Waals surface area contributed by atoms with Crippen molar-refractivity contribution in [2.75, 3.05) is 0 Å². The SMILES string of the molecule is O=c1c(=Cc2ccc(-c3ccccc3[N+](=O)[O-])o2)sc2nc(Cc3ccccc3)nn12. The van der Waals surface area contributed by atoms with Crippen LogP contribution in [0.5, 0.6) is 0 Å². The van der Waals surface area contributed by atoms with Crippen molar-refractivity contribution in [1.29, 1.82) is 0 Å². The number of furan rings is 1. The lowest BCUT2D eigenvalue weighted by molar-refractivity contribution is -0.384. The second-order valence-corrected chi connectivity index (χ2v) is 7.79. The molecule has 5 aromatic rings. The van der Waals surface area contributed by atoms with Gasteiger partial charge in [-0.3, -0.25) is 14.9 Å². The minimum atomic E-state index is -0.454. The van der Waals surface area contributed by atoms with Crippen LogP contribution >= 0.6 is 11.3 Å². The van der Waals surface area contributed by atoms with Gasteiger partial charge in [0.1, 0.15) is 16.1 Å². The smallest absolute Gasteiger partial charge is 0.291 e. The fraction of sp³-hybridized carbons (Fsp3) is 0.0455. The Bertz CT molecular complexity index is 1520. The Hall–Kier alpha value is -4.11. The van der Waals surface area contributed by atoms with Gasteiger partial charge in [-0.25, -0.2) is 4.98 Å². The lowest BCUT2D eigenvalue weighted by atomic mass is 10.1. The second-order valence-electron chi connectivity index (χ2n) is 6.78. The summed E-state index contributed by atoms with van der Waals surface area (Å²) in [7, 11) is 0. The van der Waals surface area contributed by atoms with Gasteiger partial charge in [0.05, 0.1) is 10.5 Å². The van der Waals surface area contributed by atoms with Crippen molar-refractivity contribution < 1.29 is 9.34 Å². The molecule has 0 unspecified atom stereocenters. The molecule has 3 heterocycles. The van der Waals surface area contributed by atoms with Gasteiger partial charge >= 0.3 is 0 Å². The first kappa shape index (κ1) is 18.9. The maximum atomic E-state index is 12.7. The van der Waals surface area contributed by atoms with Crippen LogP contribution in [-0.4, -0.2) is 19.5 Å². The number of aromatic nitrogens is 3. The van der Waals surface area contributed by atoms with Crippen LogP contribution in [-0.2, 0) is 6.42 Å². The molecule has 2 aromatic carbocycles. The van der Waals surface area contributed by atoms with E-state index in [1.54, 1.807) is 36.4 Å². The standard InChI is InChI=1S/C22H14N4O4S/c27-21-19(31-22-23-20(24-25(21)22)12-14-6-2-1-3-7-14)13-15-10-11-18(30-15)16-8-4-5-9-17(16)26(28)29/h1-11,13H,12H2. The third-order valence-corrected chi connectivity index (χ3v) is 5.66. The van der Waals surface area contributed by atoms with Crippen LogP contribution in [0.15, 0.2) is 75.9 Å². The number of nitro benzene ring substituents is 1. The molecule has 0 N–H and O–H groups in total. The summed E-state index contributed by atoms with van der Waals surface area (Å²) >= 11 is 1.22. The molecule has 152 valence electrons. The quantitative estimate of drug-likeness (QED) is 0.312. The van der Waals surface area contributed by atoms with Gasteiger partial charge in [-0.15, -0.1) is 5.10 Å². The fourth-order valence-electron chi connectivity index (χ4n) is 3.27. The molecule has 3 aromatic heterocycles. The summed E-state index contributed by atoms with van der Waals surface area (Å²) in [4.78, 5) is 28.5. The first-order valence-electron chi connectivity index (χ1n) is 9.36. The summed E-state index contributed by atoms with van der Waals surface area (Å²) in [6.07, 6.45) is 2.14. The van der Waals surface area contributed by atoms with E-state index in [0.717, 1.165) is 5.56 Å². The Balaban J connectivity index is 1.47. The van der Waals surface area contributed by atoms with Gasteiger partial charge in [-0.05, 0) is 23.8 Å². The van der Waals surface area contributed by atoms with Gasteiger partial charge in [0, 0.05) is 18.6 Å². The molecular weight excluding hydrogens is 416 g/mol. The molecule has 8 nitrogen and oxygen atoms in total. The molecule has 0 fully saturated rings. The largest absolute Gasteiger partial charge is 0.456 e. The van der Waals surface area contributed by atoms with Crippen LogP contribution in [0.3, 0.4) is 0 Å². The molecule has 0 atom stereocenters. The van der Waals surface area contributed by atoms with Crippen molar-refractivity contribution in [3.05, 3.63) is 109 Å². The zero-order valence-corrected chi connectivity index (χ0v) is 16.8. The van der Waals surface area contributed by atoms with Gasteiger partial charge in [-0.1, -0.05) is 53.8 Å². The van der Waals surface area contributed by atoms with Crippen molar-refractivity contribution in [3.8, 4) is 11.3 Å². The van der Waals surface area contributed by atoms with Gasteiger partial charge in [0.2, 0.25) is 4.96 Å². The summed E-state index contributed by atoms with van der Waals surface area (Å²) in [5.41, 5.74) is 1.12. The number of rotatable bonds is 5. The summed E-state index contributed by atoms with van der Waals surface area (Å²) in [5.74, 6) is 1.35. The number of hydrogen-bond acceptors (Lipinski definition) is 7. The van der Waals surface area contributed by atoms with Crippen molar-refractivity contribution in [2.45, 2.75) is 6.42 Å². The first-order chi connectivity index (χ1) is 15.1. The van der Waals surface area contributed by atoms with Crippen LogP contribution in [0.2, 0.25) is 0 Å². The number of nitro groups is 1. The van der Waals surface area contributed by atoms with E-state index in [0.29, 0.717) is 38.8 Å². The van der Waals surface area contributed by atoms with Crippen molar-refractivity contribution in [3.63, 3.8) is 0 Å². The van der Waals surface area contributed by atoms with Crippen LogP contribution in [0, 0.1) is 10.1 Å². The minimum absolute atomic E-state index is 0.0438. The van der Waals surface area contributed by atoms with E-state index < -0.39 is 4.92 Å². The van der Waals surface area contributed by atoms with E-state index in [9.17, 15) is 14.9 Å². The minimum Gasteiger partial charge on any atom is -0.456 e. The molecule has 31 heavy (non-hydrogen) atoms. The van der Waals surface area contributed by atoms with Gasteiger partial charge in [-0.2, -0.15) is 4.52 Å². The predicted molar refractivity (Wildman–Crippen MR) is 116 cm³/mol. The molecule has 0 aliphatic heterocycles. The van der Waals surface area contributed by atoms with E-state index in [4.69, 9.17) is 4.42 Å². The average molecular weight is 430 g/mol. The predicted octanol–water partition coefficient (Wildman–Crippen LogP) is 3.46. The average Bonchev–Trinajstić information content (AvgIpc) is 3.46. The number of fused-ring (bicyclic) bond motifs is 1. The van der Waals surface area contributed by atoms with Crippen molar-refractivity contribution in [1.82, 2.24) is 14.6 Å². The zero-order valence-electron chi connectivity index (χ0n) is 16.0. The van der Waals surface area contributed by atoms with E-state index in [1.807, 2.05) is 30.3 Å². The van der Waals surface area contributed by atoms with Crippen molar-refractivity contribution in [2.24, 2.45) is 0 Å². The third-order valence-electron chi connectivity index (χ3n) is 4.70. The molecule has 5 rings (SSSR count). The highest BCUT2D eigenvalue weighted by atomic mass is 32.1. The lowest BCUT2D eigenvalue weighted by Crippen LogP contribution is -2.23. The van der Waals surface area contributed by atoms with E-state index in [2.05, 4.69) is 10.1 Å². The second kappa shape index (κ2) is 7.62. The van der Waals surface area contributed by atoms with Crippen molar-refractivity contribution >= 4 is 28.1 Å². The van der Waals surface area contributed by atoms with E-state index in [-0.39, 0.29) is 11.2 Å². The van der Waals surface area contributed by atoms with E-state index >= 15 is 0 Å². The maximum absolute atomic E-state index is 12.7. The van der Waals surface area contributed by atoms with Gasteiger partial charge in [0.25, 0.3) is 11.2 Å². The molecule has 0 bridgehead atoms. The zero-order chi connectivity index (χ0) is 21.4. The van der Waals surface area contributed by atoms with E-state index in [1.165, 1.54) is 21.9 Å². The Morgan fingerprint density at radius 1 is 1.06 bits per heavy atom. The molecule has 0 aliphatic rings. The monoisotopic (exact) mass is 430 g/mol. The Kier molecular flexibility index (Phi) is 4.64.